The molecule has 0 aliphatic carbocycles. The number of hydrogen-bond donors (Lipinski definition) is 1. The molecule has 1 aromatic rings. The van der Waals surface area contributed by atoms with Gasteiger partial charge < -0.3 is 10.5 Å². The van der Waals surface area contributed by atoms with Gasteiger partial charge in [-0.2, -0.15) is 5.10 Å². The van der Waals surface area contributed by atoms with Crippen LogP contribution in [0.4, 0.5) is 0 Å². The molecule has 0 amide bonds. The standard InChI is InChI=1S/C11H21N3O/c1-7(2)14-11(8(3)9(4)12)10(15-5)6-13-14/h6-9H,12H2,1-5H3. The van der Waals surface area contributed by atoms with Gasteiger partial charge in [0.2, 0.25) is 0 Å². The molecule has 0 fully saturated rings. The van der Waals surface area contributed by atoms with Gasteiger partial charge in [-0.15, -0.1) is 0 Å². The Labute approximate surface area is 91.4 Å². The second-order valence-corrected chi connectivity index (χ2v) is 4.28. The van der Waals surface area contributed by atoms with Crippen LogP contribution in [0.15, 0.2) is 6.20 Å². The van der Waals surface area contributed by atoms with Crippen LogP contribution in [-0.2, 0) is 0 Å². The molecule has 0 aliphatic rings. The highest BCUT2D eigenvalue weighted by Crippen LogP contribution is 2.29. The van der Waals surface area contributed by atoms with Gasteiger partial charge in [0.15, 0.2) is 5.75 Å². The maximum atomic E-state index is 5.92. The number of nitrogens with zero attached hydrogens (tertiary/aromatic N) is 2. The van der Waals surface area contributed by atoms with Gasteiger partial charge in [0.1, 0.15) is 0 Å². The van der Waals surface area contributed by atoms with Gasteiger partial charge in [0, 0.05) is 18.0 Å². The average Bonchev–Trinajstić information content (AvgIpc) is 2.59. The molecule has 1 aromatic heterocycles. The number of ether oxygens (including phenoxy) is 1. The van der Waals surface area contributed by atoms with Crippen LogP contribution in [-0.4, -0.2) is 22.9 Å². The van der Waals surface area contributed by atoms with E-state index in [2.05, 4.69) is 25.9 Å². The van der Waals surface area contributed by atoms with E-state index in [4.69, 9.17) is 10.5 Å². The quantitative estimate of drug-likeness (QED) is 0.827. The molecule has 0 aliphatic heterocycles. The molecule has 4 nitrogen and oxygen atoms in total. The van der Waals surface area contributed by atoms with E-state index in [1.54, 1.807) is 13.3 Å². The fourth-order valence-electron chi connectivity index (χ4n) is 1.61. The highest BCUT2D eigenvalue weighted by molar-refractivity contribution is 5.29. The van der Waals surface area contributed by atoms with Crippen molar-refractivity contribution in [1.29, 1.82) is 0 Å². The van der Waals surface area contributed by atoms with E-state index < -0.39 is 0 Å². The maximum Gasteiger partial charge on any atom is 0.160 e. The maximum absolute atomic E-state index is 5.92. The zero-order valence-corrected chi connectivity index (χ0v) is 10.2. The van der Waals surface area contributed by atoms with Crippen LogP contribution in [0.5, 0.6) is 5.75 Å². The van der Waals surface area contributed by atoms with Crippen molar-refractivity contribution in [3.8, 4) is 5.75 Å². The number of aromatic nitrogens is 2. The smallest absolute Gasteiger partial charge is 0.160 e. The van der Waals surface area contributed by atoms with Crippen molar-refractivity contribution in [2.75, 3.05) is 7.11 Å². The monoisotopic (exact) mass is 211 g/mol. The molecular formula is C11H21N3O. The minimum absolute atomic E-state index is 0.0908. The summed E-state index contributed by atoms with van der Waals surface area (Å²) in [5.74, 6) is 1.07. The van der Waals surface area contributed by atoms with Gasteiger partial charge in [-0.25, -0.2) is 0 Å². The molecule has 2 atom stereocenters. The Balaban J connectivity index is 3.15. The van der Waals surface area contributed by atoms with E-state index in [1.165, 1.54) is 0 Å². The minimum Gasteiger partial charge on any atom is -0.493 e. The molecule has 1 rings (SSSR count). The van der Waals surface area contributed by atoms with Gasteiger partial charge in [-0.1, -0.05) is 6.92 Å². The first-order valence-electron chi connectivity index (χ1n) is 5.36. The summed E-state index contributed by atoms with van der Waals surface area (Å²) in [7, 11) is 1.67. The van der Waals surface area contributed by atoms with Crippen molar-refractivity contribution >= 4 is 0 Å². The first-order valence-corrected chi connectivity index (χ1v) is 5.36. The lowest BCUT2D eigenvalue weighted by atomic mass is 9.99. The largest absolute Gasteiger partial charge is 0.493 e. The second kappa shape index (κ2) is 4.66. The van der Waals surface area contributed by atoms with E-state index in [0.717, 1.165) is 11.4 Å². The topological polar surface area (TPSA) is 53.1 Å². The van der Waals surface area contributed by atoms with Crippen LogP contribution < -0.4 is 10.5 Å². The Morgan fingerprint density at radius 2 is 1.93 bits per heavy atom. The van der Waals surface area contributed by atoms with Crippen LogP contribution in [0.1, 0.15) is 45.3 Å². The Hall–Kier alpha value is -1.03. The van der Waals surface area contributed by atoms with Crippen LogP contribution in [0.2, 0.25) is 0 Å². The Morgan fingerprint density at radius 3 is 2.33 bits per heavy atom. The zero-order valence-electron chi connectivity index (χ0n) is 10.2. The van der Waals surface area contributed by atoms with Gasteiger partial charge in [0.05, 0.1) is 19.0 Å². The van der Waals surface area contributed by atoms with Crippen molar-refractivity contribution in [2.24, 2.45) is 5.73 Å². The van der Waals surface area contributed by atoms with Crippen molar-refractivity contribution in [3.63, 3.8) is 0 Å². The molecule has 4 heteroatoms. The Morgan fingerprint density at radius 1 is 1.33 bits per heavy atom. The van der Waals surface area contributed by atoms with Crippen LogP contribution in [0.3, 0.4) is 0 Å². The van der Waals surface area contributed by atoms with E-state index in [9.17, 15) is 0 Å². The summed E-state index contributed by atoms with van der Waals surface area (Å²) in [5.41, 5.74) is 7.01. The predicted molar refractivity (Wildman–Crippen MR) is 61.2 cm³/mol. The van der Waals surface area contributed by atoms with E-state index in [0.29, 0.717) is 6.04 Å². The first-order chi connectivity index (χ1) is 6.99. The number of hydrogen-bond acceptors (Lipinski definition) is 3. The van der Waals surface area contributed by atoms with E-state index in [-0.39, 0.29) is 12.0 Å². The summed E-state index contributed by atoms with van der Waals surface area (Å²) < 4.78 is 7.29. The molecule has 0 radical (unpaired) electrons. The first kappa shape index (κ1) is 12.0. The van der Waals surface area contributed by atoms with Crippen molar-refractivity contribution < 1.29 is 4.74 Å². The summed E-state index contributed by atoms with van der Waals surface area (Å²) in [6.45, 7) is 8.30. The lowest BCUT2D eigenvalue weighted by Crippen LogP contribution is -2.25. The van der Waals surface area contributed by atoms with Crippen LogP contribution in [0.25, 0.3) is 0 Å². The van der Waals surface area contributed by atoms with Gasteiger partial charge in [0.25, 0.3) is 0 Å². The summed E-state index contributed by atoms with van der Waals surface area (Å²) in [5, 5.41) is 4.33. The molecule has 2 N–H and O–H groups in total. The summed E-state index contributed by atoms with van der Waals surface area (Å²) in [6.07, 6.45) is 1.76. The SMILES string of the molecule is COc1cnn(C(C)C)c1C(C)C(C)N. The van der Waals surface area contributed by atoms with Gasteiger partial charge >= 0.3 is 0 Å². The summed E-state index contributed by atoms with van der Waals surface area (Å²) >= 11 is 0. The normalized spacial score (nSPS) is 15.4. The highest BCUT2D eigenvalue weighted by Gasteiger charge is 2.22. The summed E-state index contributed by atoms with van der Waals surface area (Å²) in [6, 6.07) is 0.415. The highest BCUT2D eigenvalue weighted by atomic mass is 16.5. The fourth-order valence-corrected chi connectivity index (χ4v) is 1.61. The Bertz CT molecular complexity index is 318. The van der Waals surface area contributed by atoms with Crippen molar-refractivity contribution in [3.05, 3.63) is 11.9 Å². The molecule has 1 heterocycles. The van der Waals surface area contributed by atoms with Crippen molar-refractivity contribution in [1.82, 2.24) is 9.78 Å². The molecule has 0 aromatic carbocycles. The molecule has 0 saturated carbocycles. The van der Waals surface area contributed by atoms with Crippen molar-refractivity contribution in [2.45, 2.75) is 45.7 Å². The van der Waals surface area contributed by atoms with Gasteiger partial charge in [-0.3, -0.25) is 4.68 Å². The minimum atomic E-state index is 0.0908. The summed E-state index contributed by atoms with van der Waals surface area (Å²) in [4.78, 5) is 0. The van der Waals surface area contributed by atoms with Crippen LogP contribution >= 0.6 is 0 Å². The average molecular weight is 211 g/mol. The molecule has 0 bridgehead atoms. The van der Waals surface area contributed by atoms with E-state index >= 15 is 0 Å². The third-order valence-electron chi connectivity index (χ3n) is 2.73. The van der Waals surface area contributed by atoms with Gasteiger partial charge in [-0.05, 0) is 20.8 Å². The molecule has 0 spiro atoms. The number of rotatable bonds is 4. The lowest BCUT2D eigenvalue weighted by Gasteiger charge is -2.20. The van der Waals surface area contributed by atoms with Crippen LogP contribution in [0, 0.1) is 0 Å². The second-order valence-electron chi connectivity index (χ2n) is 4.28. The zero-order chi connectivity index (χ0) is 11.6. The lowest BCUT2D eigenvalue weighted by molar-refractivity contribution is 0.392. The number of nitrogens with two attached hydrogens (primary N) is 1. The molecule has 0 saturated heterocycles. The fraction of sp³-hybridized carbons (Fsp3) is 0.727. The molecule has 2 unspecified atom stereocenters. The predicted octanol–water partition coefficient (Wildman–Crippen LogP) is 1.92. The molecule has 15 heavy (non-hydrogen) atoms. The number of methoxy groups -OCH3 is 1. The van der Waals surface area contributed by atoms with E-state index in [1.807, 2.05) is 11.6 Å². The molecule has 86 valence electrons. The third kappa shape index (κ3) is 2.31. The molecular weight excluding hydrogens is 190 g/mol. The third-order valence-corrected chi connectivity index (χ3v) is 2.73. The Kier molecular flexibility index (Phi) is 3.74.